The van der Waals surface area contributed by atoms with E-state index in [1.807, 2.05) is 5.38 Å². The van der Waals surface area contributed by atoms with Crippen LogP contribution in [0, 0.1) is 0 Å². The van der Waals surface area contributed by atoms with Gasteiger partial charge in [0.1, 0.15) is 0 Å². The molecule has 1 aromatic heterocycles. The second kappa shape index (κ2) is 6.34. The van der Waals surface area contributed by atoms with Crippen molar-refractivity contribution in [3.05, 3.63) is 16.6 Å². The second-order valence-electron chi connectivity index (χ2n) is 4.51. The highest BCUT2D eigenvalue weighted by atomic mass is 32.1. The van der Waals surface area contributed by atoms with Crippen LogP contribution in [0.2, 0.25) is 0 Å². The Morgan fingerprint density at radius 3 is 2.78 bits per heavy atom. The van der Waals surface area contributed by atoms with Gasteiger partial charge in [-0.25, -0.2) is 9.78 Å². The van der Waals surface area contributed by atoms with Crippen LogP contribution in [0.4, 0.5) is 4.79 Å². The van der Waals surface area contributed by atoms with Crippen LogP contribution in [-0.2, 0) is 11.2 Å². The van der Waals surface area contributed by atoms with Crippen molar-refractivity contribution in [3.8, 4) is 0 Å². The maximum Gasteiger partial charge on any atom is 0.315 e. The summed E-state index contributed by atoms with van der Waals surface area (Å²) in [5.41, 5.74) is -0.767. The summed E-state index contributed by atoms with van der Waals surface area (Å²) in [6, 6.07) is -0.363. The second-order valence-corrected chi connectivity index (χ2v) is 5.49. The van der Waals surface area contributed by atoms with Crippen molar-refractivity contribution in [2.24, 2.45) is 0 Å². The number of aliphatic carboxylic acids is 1. The van der Waals surface area contributed by atoms with Gasteiger partial charge in [0.15, 0.2) is 0 Å². The molecule has 7 heteroatoms. The molecule has 0 atom stereocenters. The summed E-state index contributed by atoms with van der Waals surface area (Å²) < 4.78 is 0. The van der Waals surface area contributed by atoms with Crippen molar-refractivity contribution in [2.45, 2.75) is 32.2 Å². The number of nitrogens with zero attached hydrogens (tertiary/aromatic N) is 1. The van der Waals surface area contributed by atoms with E-state index in [2.05, 4.69) is 15.6 Å². The lowest BCUT2D eigenvalue weighted by Gasteiger charge is -2.24. The first-order chi connectivity index (χ1) is 8.39. The molecule has 1 rings (SSSR count). The third kappa shape index (κ3) is 5.62. The van der Waals surface area contributed by atoms with E-state index in [9.17, 15) is 9.59 Å². The number of hydrogen-bond donors (Lipinski definition) is 3. The van der Waals surface area contributed by atoms with Gasteiger partial charge in [0.2, 0.25) is 0 Å². The zero-order valence-corrected chi connectivity index (χ0v) is 11.2. The number of thiazole rings is 1. The number of aromatic nitrogens is 1. The number of carboxylic acid groups (broad SMARTS) is 1. The van der Waals surface area contributed by atoms with Crippen molar-refractivity contribution in [2.75, 3.05) is 6.54 Å². The smallest absolute Gasteiger partial charge is 0.315 e. The molecule has 0 aliphatic rings. The molecule has 1 aromatic rings. The maximum absolute atomic E-state index is 11.5. The minimum absolute atomic E-state index is 0.118. The zero-order chi connectivity index (χ0) is 13.6. The molecule has 0 fully saturated rings. The molecule has 0 aromatic carbocycles. The number of urea groups is 1. The summed E-state index contributed by atoms with van der Waals surface area (Å²) in [6.07, 6.45) is 2.27. The Bertz CT molecular complexity index is 404. The number of carboxylic acids is 1. The van der Waals surface area contributed by atoms with Gasteiger partial charge >= 0.3 is 12.0 Å². The molecular weight excluding hydrogens is 254 g/mol. The molecule has 0 unspecified atom stereocenters. The molecule has 6 nitrogen and oxygen atoms in total. The first-order valence-corrected chi connectivity index (χ1v) is 6.43. The lowest BCUT2D eigenvalue weighted by Crippen LogP contribution is -2.49. The standard InChI is InChI=1S/C11H17N3O3S/c1-11(2,7-9(15)16)14-10(17)13-4-3-8-12-5-6-18-8/h5-6H,3-4,7H2,1-2H3,(H,15,16)(H2,13,14,17). The molecule has 0 radical (unpaired) electrons. The third-order valence-corrected chi connectivity index (χ3v) is 2.99. The van der Waals surface area contributed by atoms with Gasteiger partial charge in [-0.2, -0.15) is 0 Å². The molecule has 0 aliphatic heterocycles. The molecule has 0 saturated carbocycles. The van der Waals surface area contributed by atoms with Gasteiger partial charge in [0.25, 0.3) is 0 Å². The van der Waals surface area contributed by atoms with Gasteiger partial charge in [-0.1, -0.05) is 0 Å². The van der Waals surface area contributed by atoms with E-state index >= 15 is 0 Å². The molecule has 0 aliphatic carbocycles. The molecule has 0 saturated heterocycles. The van der Waals surface area contributed by atoms with Crippen molar-refractivity contribution >= 4 is 23.3 Å². The number of carbonyl (C=O) groups is 2. The summed E-state index contributed by atoms with van der Waals surface area (Å²) >= 11 is 1.54. The van der Waals surface area contributed by atoms with Gasteiger partial charge in [-0.05, 0) is 13.8 Å². The van der Waals surface area contributed by atoms with Gasteiger partial charge in [-0.3, -0.25) is 4.79 Å². The molecule has 2 amide bonds. The Balaban J connectivity index is 2.26. The first-order valence-electron chi connectivity index (χ1n) is 5.55. The molecule has 0 spiro atoms. The molecule has 1 heterocycles. The zero-order valence-electron chi connectivity index (χ0n) is 10.4. The molecule has 0 bridgehead atoms. The van der Waals surface area contributed by atoms with Gasteiger partial charge < -0.3 is 15.7 Å². The number of amides is 2. The van der Waals surface area contributed by atoms with E-state index in [0.29, 0.717) is 13.0 Å². The summed E-state index contributed by atoms with van der Waals surface area (Å²) in [4.78, 5) is 26.2. The average molecular weight is 271 g/mol. The molecule has 3 N–H and O–H groups in total. The Kier molecular flexibility index (Phi) is 5.08. The fourth-order valence-corrected chi connectivity index (χ4v) is 2.05. The van der Waals surface area contributed by atoms with E-state index in [0.717, 1.165) is 5.01 Å². The first kappa shape index (κ1) is 14.4. The van der Waals surface area contributed by atoms with Gasteiger partial charge in [-0.15, -0.1) is 11.3 Å². The minimum Gasteiger partial charge on any atom is -0.481 e. The minimum atomic E-state index is -0.942. The normalized spacial score (nSPS) is 11.0. The number of hydrogen-bond acceptors (Lipinski definition) is 4. The lowest BCUT2D eigenvalue weighted by molar-refractivity contribution is -0.138. The van der Waals surface area contributed by atoms with E-state index < -0.39 is 11.5 Å². The fraction of sp³-hybridized carbons (Fsp3) is 0.545. The highest BCUT2D eigenvalue weighted by molar-refractivity contribution is 7.09. The van der Waals surface area contributed by atoms with E-state index in [1.165, 1.54) is 11.3 Å². The Labute approximate surface area is 109 Å². The van der Waals surface area contributed by atoms with Crippen LogP contribution < -0.4 is 10.6 Å². The SMILES string of the molecule is CC(C)(CC(=O)O)NC(=O)NCCc1nccs1. The molecular formula is C11H17N3O3S. The Morgan fingerprint density at radius 1 is 1.50 bits per heavy atom. The van der Waals surface area contributed by atoms with Crippen molar-refractivity contribution in [1.29, 1.82) is 0 Å². The van der Waals surface area contributed by atoms with E-state index in [1.54, 1.807) is 20.0 Å². The van der Waals surface area contributed by atoms with E-state index in [-0.39, 0.29) is 12.5 Å². The number of nitrogens with one attached hydrogen (secondary N) is 2. The van der Waals surface area contributed by atoms with Crippen molar-refractivity contribution in [1.82, 2.24) is 15.6 Å². The van der Waals surface area contributed by atoms with Crippen LogP contribution in [0.15, 0.2) is 11.6 Å². The van der Waals surface area contributed by atoms with Crippen LogP contribution in [0.1, 0.15) is 25.3 Å². The lowest BCUT2D eigenvalue weighted by atomic mass is 10.0. The van der Waals surface area contributed by atoms with Crippen LogP contribution in [-0.4, -0.2) is 34.2 Å². The molecule has 100 valence electrons. The van der Waals surface area contributed by atoms with Crippen LogP contribution >= 0.6 is 11.3 Å². The summed E-state index contributed by atoms with van der Waals surface area (Å²) in [5.74, 6) is -0.942. The maximum atomic E-state index is 11.5. The Morgan fingerprint density at radius 2 is 2.22 bits per heavy atom. The monoisotopic (exact) mass is 271 g/mol. The third-order valence-electron chi connectivity index (χ3n) is 2.15. The predicted molar refractivity (Wildman–Crippen MR) is 68.7 cm³/mol. The van der Waals surface area contributed by atoms with Crippen molar-refractivity contribution in [3.63, 3.8) is 0 Å². The van der Waals surface area contributed by atoms with Crippen molar-refractivity contribution < 1.29 is 14.7 Å². The highest BCUT2D eigenvalue weighted by Gasteiger charge is 2.23. The van der Waals surface area contributed by atoms with Crippen LogP contribution in [0.5, 0.6) is 0 Å². The summed E-state index contributed by atoms with van der Waals surface area (Å²) in [7, 11) is 0. The quantitative estimate of drug-likeness (QED) is 0.726. The topological polar surface area (TPSA) is 91.3 Å². The van der Waals surface area contributed by atoms with Gasteiger partial charge in [0.05, 0.1) is 11.4 Å². The summed E-state index contributed by atoms with van der Waals surface area (Å²) in [5, 5.41) is 16.8. The average Bonchev–Trinajstić information content (AvgIpc) is 2.66. The fourth-order valence-electron chi connectivity index (χ4n) is 1.43. The van der Waals surface area contributed by atoms with Gasteiger partial charge in [0, 0.05) is 30.1 Å². The highest BCUT2D eigenvalue weighted by Crippen LogP contribution is 2.07. The molecule has 18 heavy (non-hydrogen) atoms. The Hall–Kier alpha value is -1.63. The number of rotatable bonds is 6. The summed E-state index contributed by atoms with van der Waals surface area (Å²) in [6.45, 7) is 3.81. The number of carbonyl (C=O) groups excluding carboxylic acids is 1. The van der Waals surface area contributed by atoms with E-state index in [4.69, 9.17) is 5.11 Å². The van der Waals surface area contributed by atoms with Crippen LogP contribution in [0.3, 0.4) is 0 Å². The predicted octanol–water partition coefficient (Wildman–Crippen LogP) is 1.24. The van der Waals surface area contributed by atoms with Crippen LogP contribution in [0.25, 0.3) is 0 Å². The largest absolute Gasteiger partial charge is 0.481 e.